The number of amides is 1. The number of nitrogens with one attached hydrogen (secondary N) is 1. The molecule has 0 aliphatic carbocycles. The number of rotatable bonds is 7. The number of carbonyl (C=O) groups excluding carboxylic acids is 1. The molecule has 0 unspecified atom stereocenters. The largest absolute Gasteiger partial charge is 0.395 e. The van der Waals surface area contributed by atoms with E-state index in [2.05, 4.69) is 10.3 Å². The minimum atomic E-state index is -0.437. The second kappa shape index (κ2) is 8.67. The average molecular weight is 274 g/mol. The summed E-state index contributed by atoms with van der Waals surface area (Å²) in [6.07, 6.45) is 4.77. The normalized spacial score (nSPS) is 10.8. The van der Waals surface area contributed by atoms with Gasteiger partial charge < -0.3 is 15.3 Å². The van der Waals surface area contributed by atoms with Crippen LogP contribution in [0.25, 0.3) is 0 Å². The molecule has 1 aromatic heterocycles. The van der Waals surface area contributed by atoms with Crippen molar-refractivity contribution in [3.8, 4) is 6.07 Å². The molecule has 0 saturated heterocycles. The van der Waals surface area contributed by atoms with E-state index >= 15 is 0 Å². The molecule has 0 bridgehead atoms. The summed E-state index contributed by atoms with van der Waals surface area (Å²) in [5.41, 5.74) is 0.880. The molecule has 1 heterocycles. The highest BCUT2D eigenvalue weighted by Gasteiger charge is 2.10. The van der Waals surface area contributed by atoms with E-state index in [1.165, 1.54) is 6.20 Å². The molecule has 1 rings (SSSR count). The highest BCUT2D eigenvalue weighted by molar-refractivity contribution is 5.97. The van der Waals surface area contributed by atoms with E-state index < -0.39 is 5.91 Å². The first-order valence-electron chi connectivity index (χ1n) is 6.35. The summed E-state index contributed by atoms with van der Waals surface area (Å²) >= 11 is 0. The van der Waals surface area contributed by atoms with Gasteiger partial charge in [0.1, 0.15) is 11.6 Å². The molecule has 0 aromatic carbocycles. The van der Waals surface area contributed by atoms with Gasteiger partial charge in [-0.25, -0.2) is 0 Å². The summed E-state index contributed by atoms with van der Waals surface area (Å²) in [6, 6.07) is 5.49. The second-order valence-electron chi connectivity index (χ2n) is 4.05. The van der Waals surface area contributed by atoms with E-state index in [-0.39, 0.29) is 12.2 Å². The van der Waals surface area contributed by atoms with E-state index in [1.54, 1.807) is 23.4 Å². The lowest BCUT2D eigenvalue weighted by molar-refractivity contribution is -0.117. The highest BCUT2D eigenvalue weighted by Crippen LogP contribution is 2.00. The monoisotopic (exact) mass is 274 g/mol. The van der Waals surface area contributed by atoms with E-state index in [9.17, 15) is 4.79 Å². The van der Waals surface area contributed by atoms with Crippen LogP contribution in [0.3, 0.4) is 0 Å². The molecule has 0 aliphatic rings. The molecular weight excluding hydrogens is 256 g/mol. The second-order valence-corrected chi connectivity index (χ2v) is 4.05. The molecule has 0 aliphatic heterocycles. The standard InChI is InChI=1S/C14H18N4O2/c1-2-18(6-7-19)11-13(8-15)14(20)17-10-12-4-3-5-16-9-12/h3-5,9,11,19H,2,6-7,10H2,1H3,(H,17,20)/b13-11-. The third-order valence-electron chi connectivity index (χ3n) is 2.65. The number of aromatic nitrogens is 1. The molecule has 1 aromatic rings. The Bertz CT molecular complexity index is 494. The van der Waals surface area contributed by atoms with Crippen LogP contribution in [0.1, 0.15) is 12.5 Å². The van der Waals surface area contributed by atoms with Crippen LogP contribution in [0.4, 0.5) is 0 Å². The van der Waals surface area contributed by atoms with Gasteiger partial charge in [0.25, 0.3) is 5.91 Å². The van der Waals surface area contributed by atoms with Gasteiger partial charge in [-0.15, -0.1) is 0 Å². The number of carbonyl (C=O) groups is 1. The minimum absolute atomic E-state index is 0.0178. The van der Waals surface area contributed by atoms with Crippen molar-refractivity contribution in [1.29, 1.82) is 5.26 Å². The van der Waals surface area contributed by atoms with Gasteiger partial charge in [-0.3, -0.25) is 9.78 Å². The van der Waals surface area contributed by atoms with Gasteiger partial charge in [-0.2, -0.15) is 5.26 Å². The van der Waals surface area contributed by atoms with Crippen molar-refractivity contribution in [3.63, 3.8) is 0 Å². The summed E-state index contributed by atoms with van der Waals surface area (Å²) in [6.45, 7) is 3.17. The van der Waals surface area contributed by atoms with Crippen molar-refractivity contribution >= 4 is 5.91 Å². The summed E-state index contributed by atoms with van der Waals surface area (Å²) in [5.74, 6) is -0.437. The van der Waals surface area contributed by atoms with E-state index in [4.69, 9.17) is 10.4 Å². The van der Waals surface area contributed by atoms with Crippen molar-refractivity contribution in [1.82, 2.24) is 15.2 Å². The molecule has 0 radical (unpaired) electrons. The van der Waals surface area contributed by atoms with Crippen molar-refractivity contribution in [3.05, 3.63) is 41.9 Å². The lowest BCUT2D eigenvalue weighted by Crippen LogP contribution is -2.27. The first kappa shape index (κ1) is 15.7. The van der Waals surface area contributed by atoms with Crippen molar-refractivity contribution in [2.24, 2.45) is 0 Å². The fourth-order valence-corrected chi connectivity index (χ4v) is 1.54. The van der Waals surface area contributed by atoms with Crippen LogP contribution in [-0.2, 0) is 11.3 Å². The molecule has 0 atom stereocenters. The van der Waals surface area contributed by atoms with Gasteiger partial charge in [-0.1, -0.05) is 6.07 Å². The number of hydrogen-bond donors (Lipinski definition) is 2. The first-order chi connectivity index (χ1) is 9.71. The van der Waals surface area contributed by atoms with Gasteiger partial charge >= 0.3 is 0 Å². The first-order valence-corrected chi connectivity index (χ1v) is 6.35. The number of nitriles is 1. The molecule has 1 amide bonds. The fraction of sp³-hybridized carbons (Fsp3) is 0.357. The SMILES string of the molecule is CCN(/C=C(/C#N)C(=O)NCc1cccnc1)CCO. The smallest absolute Gasteiger partial charge is 0.263 e. The van der Waals surface area contributed by atoms with Crippen molar-refractivity contribution in [2.45, 2.75) is 13.5 Å². The number of aliphatic hydroxyl groups excluding tert-OH is 1. The number of likely N-dealkylation sites (N-methyl/N-ethyl adjacent to an activating group) is 1. The summed E-state index contributed by atoms with van der Waals surface area (Å²) in [4.78, 5) is 17.5. The third kappa shape index (κ3) is 5.08. The Balaban J connectivity index is 2.63. The van der Waals surface area contributed by atoms with Gasteiger partial charge in [0.2, 0.25) is 0 Å². The Morgan fingerprint density at radius 3 is 3.00 bits per heavy atom. The maximum absolute atomic E-state index is 11.9. The van der Waals surface area contributed by atoms with Crippen LogP contribution in [-0.4, -0.2) is 40.6 Å². The maximum atomic E-state index is 11.9. The van der Waals surface area contributed by atoms with Crippen LogP contribution in [0.2, 0.25) is 0 Å². The Morgan fingerprint density at radius 1 is 1.65 bits per heavy atom. The Hall–Kier alpha value is -2.39. The van der Waals surface area contributed by atoms with E-state index in [1.807, 2.05) is 19.1 Å². The topological polar surface area (TPSA) is 89.3 Å². The molecule has 0 spiro atoms. The third-order valence-corrected chi connectivity index (χ3v) is 2.65. The van der Waals surface area contributed by atoms with Crippen molar-refractivity contribution in [2.75, 3.05) is 19.7 Å². The average Bonchev–Trinajstić information content (AvgIpc) is 2.50. The number of hydrogen-bond acceptors (Lipinski definition) is 5. The molecule has 2 N–H and O–H groups in total. The molecule has 6 heteroatoms. The lowest BCUT2D eigenvalue weighted by Gasteiger charge is -2.17. The molecular formula is C14H18N4O2. The molecule has 6 nitrogen and oxygen atoms in total. The molecule has 0 fully saturated rings. The zero-order chi connectivity index (χ0) is 14.8. The Kier molecular flexibility index (Phi) is 6.79. The number of pyridine rings is 1. The zero-order valence-corrected chi connectivity index (χ0v) is 11.4. The van der Waals surface area contributed by atoms with Crippen molar-refractivity contribution < 1.29 is 9.90 Å². The Morgan fingerprint density at radius 2 is 2.45 bits per heavy atom. The number of nitrogens with zero attached hydrogens (tertiary/aromatic N) is 3. The molecule has 106 valence electrons. The number of aliphatic hydroxyl groups is 1. The molecule has 0 saturated carbocycles. The quantitative estimate of drug-likeness (QED) is 0.555. The summed E-state index contributed by atoms with van der Waals surface area (Å²) in [5, 5.41) is 20.6. The minimum Gasteiger partial charge on any atom is -0.395 e. The van der Waals surface area contributed by atoms with Gasteiger partial charge in [0.05, 0.1) is 6.61 Å². The lowest BCUT2D eigenvalue weighted by atomic mass is 10.2. The van der Waals surface area contributed by atoms with Crippen LogP contribution in [0.5, 0.6) is 0 Å². The zero-order valence-electron chi connectivity index (χ0n) is 11.4. The van der Waals surface area contributed by atoms with E-state index in [0.717, 1.165) is 5.56 Å². The van der Waals surface area contributed by atoms with Crippen LogP contribution >= 0.6 is 0 Å². The highest BCUT2D eigenvalue weighted by atomic mass is 16.3. The van der Waals surface area contributed by atoms with Gasteiger partial charge in [0, 0.05) is 38.2 Å². The Labute approximate surface area is 118 Å². The predicted molar refractivity (Wildman–Crippen MR) is 74.1 cm³/mol. The predicted octanol–water partition coefficient (Wildman–Crippen LogP) is 0.419. The fourth-order valence-electron chi connectivity index (χ4n) is 1.54. The maximum Gasteiger partial charge on any atom is 0.263 e. The van der Waals surface area contributed by atoms with Crippen LogP contribution in [0.15, 0.2) is 36.3 Å². The summed E-state index contributed by atoms with van der Waals surface area (Å²) < 4.78 is 0. The van der Waals surface area contributed by atoms with Crippen LogP contribution < -0.4 is 5.32 Å². The summed E-state index contributed by atoms with van der Waals surface area (Å²) in [7, 11) is 0. The van der Waals surface area contributed by atoms with Gasteiger partial charge in [0.15, 0.2) is 0 Å². The van der Waals surface area contributed by atoms with E-state index in [0.29, 0.717) is 19.6 Å². The molecule has 20 heavy (non-hydrogen) atoms. The van der Waals surface area contributed by atoms with Crippen LogP contribution in [0, 0.1) is 11.3 Å². The van der Waals surface area contributed by atoms with Gasteiger partial charge in [-0.05, 0) is 18.6 Å².